The Balaban J connectivity index is 1.74. The maximum atomic E-state index is 11.9. The molecule has 1 aromatic heterocycles. The molecule has 0 bridgehead atoms. The van der Waals surface area contributed by atoms with Crippen LogP contribution in [0, 0.1) is 0 Å². The van der Waals surface area contributed by atoms with Gasteiger partial charge >= 0.3 is 0 Å². The standard InChI is InChI=1S/C17H20ClN3O2/c18-14-6-9-17(23)21(12-14)10-2-1-3-16(22)20-15-7-4-13(11-19)5-8-15/h4-9,12H,1-3,10-11,19H2,(H,20,22). The van der Waals surface area contributed by atoms with Crippen molar-refractivity contribution in [3.63, 3.8) is 0 Å². The predicted molar refractivity (Wildman–Crippen MR) is 92.5 cm³/mol. The molecule has 0 spiro atoms. The van der Waals surface area contributed by atoms with Crippen molar-refractivity contribution in [1.29, 1.82) is 0 Å². The van der Waals surface area contributed by atoms with Crippen molar-refractivity contribution in [2.24, 2.45) is 5.73 Å². The van der Waals surface area contributed by atoms with Crippen LogP contribution in [0.15, 0.2) is 47.4 Å². The van der Waals surface area contributed by atoms with Crippen LogP contribution in [0.2, 0.25) is 5.02 Å². The Hall–Kier alpha value is -2.11. The molecule has 3 N–H and O–H groups in total. The number of aryl methyl sites for hydroxylation is 1. The van der Waals surface area contributed by atoms with E-state index in [2.05, 4.69) is 5.32 Å². The van der Waals surface area contributed by atoms with E-state index in [1.54, 1.807) is 16.8 Å². The van der Waals surface area contributed by atoms with Gasteiger partial charge in [0.25, 0.3) is 5.56 Å². The fraction of sp³-hybridized carbons (Fsp3) is 0.294. The second kappa shape index (κ2) is 8.50. The lowest BCUT2D eigenvalue weighted by Crippen LogP contribution is -2.18. The Morgan fingerprint density at radius 3 is 2.57 bits per heavy atom. The minimum atomic E-state index is -0.0844. The molecule has 0 aliphatic rings. The molecule has 0 fully saturated rings. The summed E-state index contributed by atoms with van der Waals surface area (Å²) in [6.45, 7) is 1.04. The van der Waals surface area contributed by atoms with Crippen LogP contribution < -0.4 is 16.6 Å². The topological polar surface area (TPSA) is 77.1 Å². The number of nitrogens with one attached hydrogen (secondary N) is 1. The number of anilines is 1. The average Bonchev–Trinajstić information content (AvgIpc) is 2.55. The zero-order valence-corrected chi connectivity index (χ0v) is 13.6. The molecule has 0 atom stereocenters. The number of rotatable bonds is 7. The number of nitrogens with zero attached hydrogens (tertiary/aromatic N) is 1. The Morgan fingerprint density at radius 1 is 1.13 bits per heavy atom. The molecule has 0 aliphatic carbocycles. The lowest BCUT2D eigenvalue weighted by atomic mass is 10.2. The molecule has 5 nitrogen and oxygen atoms in total. The number of halogens is 1. The maximum Gasteiger partial charge on any atom is 0.250 e. The molecule has 0 unspecified atom stereocenters. The van der Waals surface area contributed by atoms with Crippen molar-refractivity contribution in [3.8, 4) is 0 Å². The van der Waals surface area contributed by atoms with Crippen molar-refractivity contribution in [2.45, 2.75) is 32.4 Å². The fourth-order valence-electron chi connectivity index (χ4n) is 2.19. The highest BCUT2D eigenvalue weighted by atomic mass is 35.5. The summed E-state index contributed by atoms with van der Waals surface area (Å²) in [5.74, 6) is -0.0380. The summed E-state index contributed by atoms with van der Waals surface area (Å²) in [5.41, 5.74) is 7.23. The highest BCUT2D eigenvalue weighted by Crippen LogP contribution is 2.10. The van der Waals surface area contributed by atoms with Gasteiger partial charge in [-0.3, -0.25) is 9.59 Å². The molecular weight excluding hydrogens is 314 g/mol. The normalized spacial score (nSPS) is 10.5. The molecule has 1 aromatic carbocycles. The van der Waals surface area contributed by atoms with Crippen LogP contribution in [0.4, 0.5) is 5.69 Å². The number of pyridine rings is 1. The molecule has 2 rings (SSSR count). The summed E-state index contributed by atoms with van der Waals surface area (Å²) < 4.78 is 1.56. The third kappa shape index (κ3) is 5.54. The van der Waals surface area contributed by atoms with Crippen LogP contribution in [0.3, 0.4) is 0 Å². The number of hydrogen-bond donors (Lipinski definition) is 2. The summed E-state index contributed by atoms with van der Waals surface area (Å²) in [6.07, 6.45) is 3.46. The van der Waals surface area contributed by atoms with Gasteiger partial charge < -0.3 is 15.6 Å². The third-order valence-corrected chi connectivity index (χ3v) is 3.70. The molecule has 1 amide bonds. The molecule has 23 heavy (non-hydrogen) atoms. The number of aromatic nitrogens is 1. The zero-order chi connectivity index (χ0) is 16.7. The van der Waals surface area contributed by atoms with Gasteiger partial charge in [0.15, 0.2) is 0 Å². The smallest absolute Gasteiger partial charge is 0.250 e. The van der Waals surface area contributed by atoms with Crippen molar-refractivity contribution >= 4 is 23.2 Å². The number of amides is 1. The van der Waals surface area contributed by atoms with E-state index in [-0.39, 0.29) is 11.5 Å². The van der Waals surface area contributed by atoms with Crippen molar-refractivity contribution < 1.29 is 4.79 Å². The van der Waals surface area contributed by atoms with Crippen LogP contribution >= 0.6 is 11.6 Å². The van der Waals surface area contributed by atoms with Crippen LogP contribution in [0.5, 0.6) is 0 Å². The molecule has 0 radical (unpaired) electrons. The van der Waals surface area contributed by atoms with E-state index >= 15 is 0 Å². The number of hydrogen-bond acceptors (Lipinski definition) is 3. The Kier molecular flexibility index (Phi) is 6.38. The largest absolute Gasteiger partial charge is 0.326 e. The number of carbonyl (C=O) groups is 1. The average molecular weight is 334 g/mol. The van der Waals surface area contributed by atoms with E-state index in [1.165, 1.54) is 6.07 Å². The first-order valence-electron chi connectivity index (χ1n) is 7.53. The van der Waals surface area contributed by atoms with E-state index in [0.717, 1.165) is 17.7 Å². The number of benzene rings is 1. The fourth-order valence-corrected chi connectivity index (χ4v) is 2.37. The Morgan fingerprint density at radius 2 is 1.87 bits per heavy atom. The molecule has 122 valence electrons. The minimum Gasteiger partial charge on any atom is -0.326 e. The van der Waals surface area contributed by atoms with E-state index < -0.39 is 0 Å². The number of unbranched alkanes of at least 4 members (excludes halogenated alkanes) is 1. The summed E-state index contributed by atoms with van der Waals surface area (Å²) in [7, 11) is 0. The molecule has 1 heterocycles. The van der Waals surface area contributed by atoms with Gasteiger partial charge in [-0.2, -0.15) is 0 Å². The number of nitrogens with two attached hydrogens (primary N) is 1. The molecule has 0 saturated heterocycles. The summed E-state index contributed by atoms with van der Waals surface area (Å²) in [5, 5.41) is 3.37. The number of carbonyl (C=O) groups excluding carboxylic acids is 1. The highest BCUT2D eigenvalue weighted by Gasteiger charge is 2.03. The quantitative estimate of drug-likeness (QED) is 0.765. The van der Waals surface area contributed by atoms with Crippen LogP contribution in [-0.4, -0.2) is 10.5 Å². The van der Waals surface area contributed by atoms with E-state index in [0.29, 0.717) is 31.0 Å². The third-order valence-electron chi connectivity index (χ3n) is 3.47. The molecular formula is C17H20ClN3O2. The summed E-state index contributed by atoms with van der Waals surface area (Å²) in [4.78, 5) is 23.5. The van der Waals surface area contributed by atoms with E-state index in [1.807, 2.05) is 24.3 Å². The lowest BCUT2D eigenvalue weighted by Gasteiger charge is -2.07. The van der Waals surface area contributed by atoms with Gasteiger partial charge in [-0.05, 0) is 36.6 Å². The van der Waals surface area contributed by atoms with Gasteiger partial charge in [0, 0.05) is 37.5 Å². The molecule has 0 saturated carbocycles. The lowest BCUT2D eigenvalue weighted by molar-refractivity contribution is -0.116. The highest BCUT2D eigenvalue weighted by molar-refractivity contribution is 6.30. The van der Waals surface area contributed by atoms with Crippen molar-refractivity contribution in [2.75, 3.05) is 5.32 Å². The Labute approximate surface area is 140 Å². The summed E-state index contributed by atoms with van der Waals surface area (Å²) >= 11 is 5.86. The predicted octanol–water partition coefficient (Wildman–Crippen LogP) is 2.77. The van der Waals surface area contributed by atoms with E-state index in [4.69, 9.17) is 17.3 Å². The SMILES string of the molecule is NCc1ccc(NC(=O)CCCCn2cc(Cl)ccc2=O)cc1. The first kappa shape index (κ1) is 17.2. The second-order valence-electron chi connectivity index (χ2n) is 5.29. The van der Waals surface area contributed by atoms with Gasteiger partial charge in [-0.15, -0.1) is 0 Å². The summed E-state index contributed by atoms with van der Waals surface area (Å²) in [6, 6.07) is 10.5. The van der Waals surface area contributed by atoms with Gasteiger partial charge in [-0.1, -0.05) is 23.7 Å². The van der Waals surface area contributed by atoms with Crippen LogP contribution in [0.25, 0.3) is 0 Å². The first-order chi connectivity index (χ1) is 11.1. The minimum absolute atomic E-state index is 0.0380. The van der Waals surface area contributed by atoms with Crippen LogP contribution in [-0.2, 0) is 17.9 Å². The zero-order valence-electron chi connectivity index (χ0n) is 12.8. The Bertz CT molecular complexity index is 711. The van der Waals surface area contributed by atoms with Crippen LogP contribution in [0.1, 0.15) is 24.8 Å². The first-order valence-corrected chi connectivity index (χ1v) is 7.91. The van der Waals surface area contributed by atoms with Gasteiger partial charge in [-0.25, -0.2) is 0 Å². The molecule has 6 heteroatoms. The van der Waals surface area contributed by atoms with Crippen molar-refractivity contribution in [3.05, 3.63) is 63.5 Å². The van der Waals surface area contributed by atoms with E-state index in [9.17, 15) is 9.59 Å². The molecule has 0 aliphatic heterocycles. The second-order valence-corrected chi connectivity index (χ2v) is 5.72. The monoisotopic (exact) mass is 333 g/mol. The maximum absolute atomic E-state index is 11.9. The van der Waals surface area contributed by atoms with Gasteiger partial charge in [0.05, 0.1) is 5.02 Å². The van der Waals surface area contributed by atoms with Gasteiger partial charge in [0.2, 0.25) is 5.91 Å². The van der Waals surface area contributed by atoms with Crippen molar-refractivity contribution in [1.82, 2.24) is 4.57 Å². The van der Waals surface area contributed by atoms with Gasteiger partial charge in [0.1, 0.15) is 0 Å². The molecule has 2 aromatic rings.